The van der Waals surface area contributed by atoms with E-state index in [4.69, 9.17) is 14.2 Å². The van der Waals surface area contributed by atoms with Crippen molar-refractivity contribution in [3.05, 3.63) is 93.6 Å². The lowest BCUT2D eigenvalue weighted by Crippen LogP contribution is -2.35. The highest BCUT2D eigenvalue weighted by atomic mass is 19.4. The van der Waals surface area contributed by atoms with E-state index >= 15 is 4.39 Å². The molecule has 1 heterocycles. The fourth-order valence-electron chi connectivity index (χ4n) is 6.63. The lowest BCUT2D eigenvalue weighted by atomic mass is 9.72. The first kappa shape index (κ1) is 34.9. The first-order valence-corrected chi connectivity index (χ1v) is 15.7. The Balaban J connectivity index is 1.54. The quantitative estimate of drug-likeness (QED) is 0.176. The molecule has 256 valence electrons. The van der Waals surface area contributed by atoms with E-state index in [1.807, 2.05) is 0 Å². The van der Waals surface area contributed by atoms with Gasteiger partial charge in [-0.05, 0) is 98.1 Å². The van der Waals surface area contributed by atoms with Gasteiger partial charge in [-0.15, -0.1) is 0 Å². The van der Waals surface area contributed by atoms with Gasteiger partial charge in [0.2, 0.25) is 0 Å². The van der Waals surface area contributed by atoms with Crippen LogP contribution in [0.25, 0.3) is 16.7 Å². The van der Waals surface area contributed by atoms with Crippen LogP contribution >= 0.6 is 0 Å². The monoisotopic (exact) mass is 671 g/mol. The molecule has 0 N–H and O–H groups in total. The number of allylic oxidation sites excluding steroid dienone is 1. The molecular weight excluding hydrogens is 633 g/mol. The Bertz CT molecular complexity index is 1780. The number of ether oxygens (including phenoxy) is 3. The summed E-state index contributed by atoms with van der Waals surface area (Å²) >= 11 is 0. The van der Waals surface area contributed by atoms with E-state index in [2.05, 4.69) is 13.8 Å². The van der Waals surface area contributed by atoms with Crippen LogP contribution in [-0.2, 0) is 15.7 Å². The van der Waals surface area contributed by atoms with Crippen molar-refractivity contribution in [1.29, 1.82) is 0 Å². The summed E-state index contributed by atoms with van der Waals surface area (Å²) in [5.41, 5.74) is 2.00. The summed E-state index contributed by atoms with van der Waals surface area (Å²) in [5, 5.41) is 0. The number of halogens is 5. The summed E-state index contributed by atoms with van der Waals surface area (Å²) in [7, 11) is 1.42. The number of benzene rings is 3. The fraction of sp³-hybridized carbons (Fsp3) is 0.405. The van der Waals surface area contributed by atoms with Crippen LogP contribution in [-0.4, -0.2) is 43.3 Å². The molecule has 1 fully saturated rings. The van der Waals surface area contributed by atoms with E-state index < -0.39 is 47.6 Å². The van der Waals surface area contributed by atoms with Gasteiger partial charge in [0, 0.05) is 23.7 Å². The zero-order valence-electron chi connectivity index (χ0n) is 27.7. The maximum Gasteiger partial charge on any atom is 0.416 e. The number of hydrogen-bond acceptors (Lipinski definition) is 5. The molecule has 0 spiro atoms. The van der Waals surface area contributed by atoms with E-state index in [9.17, 15) is 27.2 Å². The van der Waals surface area contributed by atoms with Crippen molar-refractivity contribution in [2.75, 3.05) is 20.3 Å². The molecule has 1 aliphatic heterocycles. The van der Waals surface area contributed by atoms with Crippen molar-refractivity contribution in [1.82, 2.24) is 4.90 Å². The molecule has 3 aromatic carbocycles. The van der Waals surface area contributed by atoms with Crippen molar-refractivity contribution in [2.45, 2.75) is 72.2 Å². The van der Waals surface area contributed by atoms with Crippen LogP contribution in [0.5, 0.6) is 5.75 Å². The molecule has 1 amide bonds. The minimum absolute atomic E-state index is 0.0737. The van der Waals surface area contributed by atoms with Crippen LogP contribution in [0.15, 0.2) is 54.1 Å². The van der Waals surface area contributed by atoms with Gasteiger partial charge in [-0.2, -0.15) is 13.2 Å². The maximum absolute atomic E-state index is 15.5. The number of methoxy groups -OCH3 is 1. The number of cyclic esters (lactones) is 1. The zero-order valence-corrected chi connectivity index (χ0v) is 27.7. The standard InChI is InChI=1S/C37H38F5NO5/c1-7-47-34(44)27-9-8-22(15-30(27)38)28-16-29(32(46-6)17-31(28)39)26-10-11-36(4,5)18-24(26)19-43-21(3)33(48-35(43)45)23-12-20(2)13-25(14-23)37(40,41)42/h8-9,12-17,21,33H,7,10-11,18-19H2,1-6H3/t21-,33-/m0/s1. The number of amides is 1. The third-order valence-electron chi connectivity index (χ3n) is 9.07. The van der Waals surface area contributed by atoms with Gasteiger partial charge in [0.05, 0.1) is 30.9 Å². The van der Waals surface area contributed by atoms with Crippen LogP contribution in [0.1, 0.15) is 85.7 Å². The van der Waals surface area contributed by atoms with Gasteiger partial charge in [-0.1, -0.05) is 31.5 Å². The van der Waals surface area contributed by atoms with Gasteiger partial charge < -0.3 is 14.2 Å². The number of esters is 1. The van der Waals surface area contributed by atoms with Crippen molar-refractivity contribution >= 4 is 17.6 Å². The molecular formula is C37H38F5NO5. The van der Waals surface area contributed by atoms with E-state index in [1.54, 1.807) is 32.9 Å². The molecule has 5 rings (SSSR count). The minimum Gasteiger partial charge on any atom is -0.496 e. The van der Waals surface area contributed by atoms with Crippen LogP contribution in [0, 0.1) is 24.0 Å². The number of nitrogens with zero attached hydrogens (tertiary/aromatic N) is 1. The Kier molecular flexibility index (Phi) is 9.63. The van der Waals surface area contributed by atoms with Crippen molar-refractivity contribution in [2.24, 2.45) is 5.41 Å². The van der Waals surface area contributed by atoms with Crippen LogP contribution in [0.3, 0.4) is 0 Å². The Morgan fingerprint density at radius 3 is 2.42 bits per heavy atom. The lowest BCUT2D eigenvalue weighted by molar-refractivity contribution is -0.137. The topological polar surface area (TPSA) is 65.1 Å². The molecule has 0 bridgehead atoms. The SMILES string of the molecule is CCOC(=O)c1ccc(-c2cc(C3=C(CN4C(=O)O[C@H](c5cc(C)cc(C(F)(F)F)c5)[C@@H]4C)CC(C)(C)CC3)c(OC)cc2F)cc1F. The summed E-state index contributed by atoms with van der Waals surface area (Å²) in [4.78, 5) is 26.9. The second-order valence-corrected chi connectivity index (χ2v) is 13.2. The average molecular weight is 672 g/mol. The Morgan fingerprint density at radius 2 is 1.77 bits per heavy atom. The first-order chi connectivity index (χ1) is 22.5. The largest absolute Gasteiger partial charge is 0.496 e. The second-order valence-electron chi connectivity index (χ2n) is 13.2. The maximum atomic E-state index is 15.5. The highest BCUT2D eigenvalue weighted by Gasteiger charge is 2.42. The van der Waals surface area contributed by atoms with Crippen molar-refractivity contribution < 1.29 is 45.8 Å². The Labute approximate surface area is 276 Å². The van der Waals surface area contributed by atoms with E-state index in [-0.39, 0.29) is 46.6 Å². The second kappa shape index (κ2) is 13.2. The molecule has 2 aliphatic rings. The van der Waals surface area contributed by atoms with E-state index in [0.717, 1.165) is 35.8 Å². The fourth-order valence-corrected chi connectivity index (χ4v) is 6.63. The Morgan fingerprint density at radius 1 is 1.04 bits per heavy atom. The number of carbonyl (C=O) groups excluding carboxylic acids is 2. The molecule has 0 unspecified atom stereocenters. The van der Waals surface area contributed by atoms with Crippen LogP contribution in [0.4, 0.5) is 26.7 Å². The van der Waals surface area contributed by atoms with Gasteiger partial charge in [0.1, 0.15) is 23.5 Å². The summed E-state index contributed by atoms with van der Waals surface area (Å²) < 4.78 is 87.5. The third kappa shape index (κ3) is 7.05. The molecule has 0 saturated carbocycles. The normalized spacial score (nSPS) is 19.4. The molecule has 3 aromatic rings. The predicted octanol–water partition coefficient (Wildman–Crippen LogP) is 9.69. The van der Waals surface area contributed by atoms with E-state index in [0.29, 0.717) is 24.0 Å². The molecule has 2 atom stereocenters. The molecule has 48 heavy (non-hydrogen) atoms. The number of carbonyl (C=O) groups is 2. The summed E-state index contributed by atoms with van der Waals surface area (Å²) in [5.74, 6) is -2.08. The summed E-state index contributed by atoms with van der Waals surface area (Å²) in [6, 6.07) is 9.66. The van der Waals surface area contributed by atoms with Gasteiger partial charge in [0.15, 0.2) is 0 Å². The molecule has 11 heteroatoms. The average Bonchev–Trinajstić information content (AvgIpc) is 3.28. The Hall–Kier alpha value is -4.41. The predicted molar refractivity (Wildman–Crippen MR) is 170 cm³/mol. The molecule has 1 saturated heterocycles. The molecule has 0 radical (unpaired) electrons. The van der Waals surface area contributed by atoms with Crippen molar-refractivity contribution in [3.63, 3.8) is 0 Å². The summed E-state index contributed by atoms with van der Waals surface area (Å²) in [6.07, 6.45) is -4.21. The molecule has 0 aromatic heterocycles. The van der Waals surface area contributed by atoms with Gasteiger partial charge >= 0.3 is 18.2 Å². The molecule has 6 nitrogen and oxygen atoms in total. The zero-order chi connectivity index (χ0) is 35.1. The van der Waals surface area contributed by atoms with Crippen LogP contribution < -0.4 is 4.74 Å². The van der Waals surface area contributed by atoms with Gasteiger partial charge in [0.25, 0.3) is 0 Å². The smallest absolute Gasteiger partial charge is 0.416 e. The van der Waals surface area contributed by atoms with Gasteiger partial charge in [-0.25, -0.2) is 18.4 Å². The van der Waals surface area contributed by atoms with Crippen LogP contribution in [0.2, 0.25) is 0 Å². The summed E-state index contributed by atoms with van der Waals surface area (Å²) in [6.45, 7) is 9.32. The van der Waals surface area contributed by atoms with Gasteiger partial charge in [-0.3, -0.25) is 4.90 Å². The van der Waals surface area contributed by atoms with E-state index in [1.165, 1.54) is 30.2 Å². The van der Waals surface area contributed by atoms with Crippen molar-refractivity contribution in [3.8, 4) is 16.9 Å². The highest BCUT2D eigenvalue weighted by molar-refractivity contribution is 5.90. The molecule has 1 aliphatic carbocycles. The number of hydrogen-bond donors (Lipinski definition) is 0. The number of rotatable bonds is 8. The minimum atomic E-state index is -4.55. The number of alkyl halides is 3. The number of aryl methyl sites for hydroxylation is 1. The highest BCUT2D eigenvalue weighted by Crippen LogP contribution is 2.47. The lowest BCUT2D eigenvalue weighted by Gasteiger charge is -2.36. The third-order valence-corrected chi connectivity index (χ3v) is 9.07. The first-order valence-electron chi connectivity index (χ1n) is 15.7.